The lowest BCUT2D eigenvalue weighted by Crippen LogP contribution is -2.42. The molecule has 1 unspecified atom stereocenters. The van der Waals surface area contributed by atoms with Crippen LogP contribution < -0.4 is 9.47 Å². The molecule has 4 rings (SSSR count). The zero-order chi connectivity index (χ0) is 14.6. The van der Waals surface area contributed by atoms with Crippen LogP contribution in [0.3, 0.4) is 0 Å². The van der Waals surface area contributed by atoms with Gasteiger partial charge in [0.15, 0.2) is 11.5 Å². The molecule has 0 saturated heterocycles. The van der Waals surface area contributed by atoms with Crippen molar-refractivity contribution in [2.45, 2.75) is 37.0 Å². The van der Waals surface area contributed by atoms with E-state index in [-0.39, 0.29) is 17.0 Å². The van der Waals surface area contributed by atoms with Crippen molar-refractivity contribution in [2.24, 2.45) is 0 Å². The first-order valence-corrected chi connectivity index (χ1v) is 7.57. The van der Waals surface area contributed by atoms with Crippen LogP contribution in [0.15, 0.2) is 24.3 Å². The maximum Gasteiger partial charge on any atom is 0.166 e. The fourth-order valence-corrected chi connectivity index (χ4v) is 4.08. The Morgan fingerprint density at radius 2 is 2.23 bits per heavy atom. The monoisotopic (exact) mass is 305 g/mol. The molecule has 1 spiro atoms. The molecule has 2 aliphatic heterocycles. The summed E-state index contributed by atoms with van der Waals surface area (Å²) in [6.45, 7) is 1.96. The van der Waals surface area contributed by atoms with E-state index in [0.717, 1.165) is 31.0 Å². The molecule has 3 atom stereocenters. The van der Waals surface area contributed by atoms with Gasteiger partial charge in [0, 0.05) is 18.5 Å². The zero-order valence-electron chi connectivity index (χ0n) is 13.0. The van der Waals surface area contributed by atoms with E-state index in [4.69, 9.17) is 9.47 Å². The molecule has 22 heavy (non-hydrogen) atoms. The van der Waals surface area contributed by atoms with Crippen LogP contribution in [0.5, 0.6) is 11.5 Å². The number of benzene rings is 1. The third-order valence-corrected chi connectivity index (χ3v) is 5.15. The fraction of sp³-hybridized carbons (Fsp3) is 0.529. The molecule has 120 valence electrons. The summed E-state index contributed by atoms with van der Waals surface area (Å²) in [5.41, 5.74) is 2.48. The number of hydrogen-bond donors (Lipinski definition) is 1. The van der Waals surface area contributed by atoms with Crippen LogP contribution in [-0.2, 0) is 12.0 Å². The van der Waals surface area contributed by atoms with Crippen molar-refractivity contribution in [1.29, 1.82) is 0 Å². The van der Waals surface area contributed by atoms with Gasteiger partial charge in [0.1, 0.15) is 6.10 Å². The number of hydrogen-bond acceptors (Lipinski definition) is 4. The van der Waals surface area contributed by atoms with Crippen molar-refractivity contribution in [3.8, 4) is 11.5 Å². The minimum absolute atomic E-state index is 0. The second kappa shape index (κ2) is 5.26. The van der Waals surface area contributed by atoms with Crippen LogP contribution in [0.1, 0.15) is 24.0 Å². The van der Waals surface area contributed by atoms with Crippen LogP contribution in [0.2, 0.25) is 0 Å². The zero-order valence-corrected chi connectivity index (χ0v) is 13.0. The molecule has 3 aliphatic rings. The highest BCUT2D eigenvalue weighted by molar-refractivity contribution is 5.60. The van der Waals surface area contributed by atoms with E-state index in [2.05, 4.69) is 24.1 Å². The molecule has 0 saturated carbocycles. The molecule has 0 aromatic heterocycles. The fourth-order valence-electron chi connectivity index (χ4n) is 4.08. The van der Waals surface area contributed by atoms with Gasteiger partial charge in [-0.3, -0.25) is 0 Å². The number of methoxy groups -OCH3 is 1. The molecule has 0 bridgehead atoms. The summed E-state index contributed by atoms with van der Waals surface area (Å²) in [7, 11) is 3.84. The third-order valence-electron chi connectivity index (χ3n) is 5.15. The van der Waals surface area contributed by atoms with Gasteiger partial charge in [0.2, 0.25) is 0 Å². The molecule has 0 fully saturated rings. The predicted octanol–water partition coefficient (Wildman–Crippen LogP) is 1.03. The summed E-state index contributed by atoms with van der Waals surface area (Å²) < 4.78 is 11.8. The summed E-state index contributed by atoms with van der Waals surface area (Å²) >= 11 is 0. The Kier molecular flexibility index (Phi) is 3.67. The molecular weight excluding hydrogens is 282 g/mol. The van der Waals surface area contributed by atoms with Gasteiger partial charge in [0.05, 0.1) is 18.6 Å². The Labute approximate surface area is 130 Å². The standard InChI is InChI=1S/C17H21NO3.H2O/c1-18-8-7-17-6-5-12(19)9-14(17)21-16-13(20-2)4-3-11(10-18)15(16)17;/h3-6,12,14,19H,7-10H2,1-2H3;1H2/t12-,14?,17-;/m0./s1. The maximum absolute atomic E-state index is 9.97. The summed E-state index contributed by atoms with van der Waals surface area (Å²) in [5.74, 6) is 1.68. The van der Waals surface area contributed by atoms with Crippen molar-refractivity contribution in [1.82, 2.24) is 4.90 Å². The first-order chi connectivity index (χ1) is 10.1. The van der Waals surface area contributed by atoms with Crippen LogP contribution in [-0.4, -0.2) is 48.4 Å². The van der Waals surface area contributed by atoms with E-state index in [1.165, 1.54) is 11.1 Å². The molecule has 0 amide bonds. The highest BCUT2D eigenvalue weighted by Crippen LogP contribution is 2.55. The number of aliphatic hydroxyl groups is 1. The van der Waals surface area contributed by atoms with Gasteiger partial charge in [0.25, 0.3) is 0 Å². The number of aliphatic hydroxyl groups excluding tert-OH is 1. The van der Waals surface area contributed by atoms with Crippen LogP contribution in [0.4, 0.5) is 0 Å². The van der Waals surface area contributed by atoms with Crippen LogP contribution in [0, 0.1) is 0 Å². The SMILES string of the molecule is COc1ccc2c3c1OC1C[C@@H](O)C=C[C@@]31CCN(C)C2.O. The van der Waals surface area contributed by atoms with E-state index in [0.29, 0.717) is 6.42 Å². The topological polar surface area (TPSA) is 73.4 Å². The highest BCUT2D eigenvalue weighted by Gasteiger charge is 2.52. The van der Waals surface area contributed by atoms with E-state index < -0.39 is 6.10 Å². The van der Waals surface area contributed by atoms with E-state index in [9.17, 15) is 5.11 Å². The summed E-state index contributed by atoms with van der Waals surface area (Å²) in [6.07, 6.45) is 5.38. The first-order valence-electron chi connectivity index (χ1n) is 7.57. The van der Waals surface area contributed by atoms with Gasteiger partial charge in [-0.15, -0.1) is 0 Å². The average Bonchev–Trinajstić information content (AvgIpc) is 2.72. The van der Waals surface area contributed by atoms with Crippen molar-refractivity contribution in [2.75, 3.05) is 20.7 Å². The van der Waals surface area contributed by atoms with Gasteiger partial charge in [-0.1, -0.05) is 18.2 Å². The minimum atomic E-state index is -0.412. The molecule has 1 aromatic rings. The Hall–Kier alpha value is -1.56. The highest BCUT2D eigenvalue weighted by atomic mass is 16.5. The van der Waals surface area contributed by atoms with E-state index in [1.807, 2.05) is 12.1 Å². The smallest absolute Gasteiger partial charge is 0.166 e. The first kappa shape index (κ1) is 15.3. The Morgan fingerprint density at radius 1 is 1.41 bits per heavy atom. The molecule has 5 heteroatoms. The number of nitrogens with zero attached hydrogens (tertiary/aromatic N) is 1. The number of ether oxygens (including phenoxy) is 2. The van der Waals surface area contributed by atoms with Crippen molar-refractivity contribution in [3.63, 3.8) is 0 Å². The van der Waals surface area contributed by atoms with E-state index in [1.54, 1.807) is 7.11 Å². The lowest BCUT2D eigenvalue weighted by Gasteiger charge is -2.35. The van der Waals surface area contributed by atoms with Crippen molar-refractivity contribution >= 4 is 0 Å². The van der Waals surface area contributed by atoms with Crippen molar-refractivity contribution < 1.29 is 20.1 Å². The largest absolute Gasteiger partial charge is 0.493 e. The molecule has 5 nitrogen and oxygen atoms in total. The Bertz CT molecular complexity index is 615. The summed E-state index contributed by atoms with van der Waals surface area (Å²) in [4.78, 5) is 2.35. The van der Waals surface area contributed by atoms with Gasteiger partial charge < -0.3 is 25.0 Å². The second-order valence-corrected chi connectivity index (χ2v) is 6.43. The molecule has 2 heterocycles. The predicted molar refractivity (Wildman–Crippen MR) is 83.4 cm³/mol. The molecule has 1 aromatic carbocycles. The Morgan fingerprint density at radius 3 is 3.00 bits per heavy atom. The lowest BCUT2D eigenvalue weighted by molar-refractivity contribution is 0.0821. The van der Waals surface area contributed by atoms with Gasteiger partial charge in [-0.2, -0.15) is 0 Å². The van der Waals surface area contributed by atoms with Crippen molar-refractivity contribution in [3.05, 3.63) is 35.4 Å². The third kappa shape index (κ3) is 1.96. The number of rotatable bonds is 1. The maximum atomic E-state index is 9.97. The second-order valence-electron chi connectivity index (χ2n) is 6.43. The van der Waals surface area contributed by atoms with Gasteiger partial charge in [-0.25, -0.2) is 0 Å². The van der Waals surface area contributed by atoms with E-state index >= 15 is 0 Å². The molecule has 0 radical (unpaired) electrons. The quantitative estimate of drug-likeness (QED) is 0.786. The summed E-state index contributed by atoms with van der Waals surface area (Å²) in [6, 6.07) is 4.16. The molecule has 3 N–H and O–H groups in total. The molecular formula is C17H23NO4. The lowest BCUT2D eigenvalue weighted by atomic mass is 9.69. The van der Waals surface area contributed by atoms with Crippen LogP contribution >= 0.6 is 0 Å². The van der Waals surface area contributed by atoms with Crippen LogP contribution in [0.25, 0.3) is 0 Å². The van der Waals surface area contributed by atoms with Gasteiger partial charge in [-0.05, 0) is 31.6 Å². The molecule has 1 aliphatic carbocycles. The summed E-state index contributed by atoms with van der Waals surface area (Å²) in [5, 5.41) is 9.97. The average molecular weight is 305 g/mol. The normalized spacial score (nSPS) is 32.3. The van der Waals surface area contributed by atoms with Gasteiger partial charge >= 0.3 is 0 Å². The minimum Gasteiger partial charge on any atom is -0.493 e. The Balaban J connectivity index is 0.00000144.